The molecule has 0 saturated carbocycles. The van der Waals surface area contributed by atoms with Gasteiger partial charge < -0.3 is 20.5 Å². The average molecular weight is 503 g/mol. The van der Waals surface area contributed by atoms with Gasteiger partial charge >= 0.3 is 12.2 Å². The number of hydrogen-bond donors (Lipinski definition) is 4. The second-order valence-corrected chi connectivity index (χ2v) is 8.56. The van der Waals surface area contributed by atoms with Gasteiger partial charge in [0.15, 0.2) is 0 Å². The highest BCUT2D eigenvalue weighted by Crippen LogP contribution is 2.32. The van der Waals surface area contributed by atoms with Crippen LogP contribution in [-0.2, 0) is 17.9 Å². The molecule has 0 fully saturated rings. The Morgan fingerprint density at radius 3 is 2.44 bits per heavy atom. The molecule has 0 saturated heterocycles. The van der Waals surface area contributed by atoms with Gasteiger partial charge in [-0.25, -0.2) is 9.59 Å². The molecule has 0 aliphatic carbocycles. The summed E-state index contributed by atoms with van der Waals surface area (Å²) in [5, 5.41) is 18.8. The van der Waals surface area contributed by atoms with E-state index in [0.29, 0.717) is 11.3 Å². The maximum absolute atomic E-state index is 12.9. The van der Waals surface area contributed by atoms with E-state index in [9.17, 15) is 14.4 Å². The lowest BCUT2D eigenvalue weighted by Crippen LogP contribution is -2.23. The summed E-state index contributed by atoms with van der Waals surface area (Å²) < 4.78 is 5.15. The number of carbonyl (C=O) groups is 3. The number of aromatic nitrogens is 1. The molecule has 0 spiro atoms. The van der Waals surface area contributed by atoms with Crippen molar-refractivity contribution in [3.8, 4) is 10.4 Å². The molecule has 9 nitrogen and oxygen atoms in total. The molecule has 4 aromatic rings. The van der Waals surface area contributed by atoms with Crippen molar-refractivity contribution in [1.82, 2.24) is 10.3 Å². The SMILES string of the molecule is O=C(O)Nc1ccc(-c2cccs2)cc1NC(=O)c1ccc(CNC(=O)OCc2cccnc2)cc1. The molecule has 10 heteroatoms. The number of alkyl carbamates (subject to hydrolysis) is 1. The van der Waals surface area contributed by atoms with Gasteiger partial charge in [0, 0.05) is 34.9 Å². The Bertz CT molecular complexity index is 1340. The van der Waals surface area contributed by atoms with Gasteiger partial charge in [0.1, 0.15) is 6.61 Å². The first-order chi connectivity index (χ1) is 17.5. The monoisotopic (exact) mass is 502 g/mol. The standard InChI is InChI=1S/C26H22N4O5S/c31-24(29-22-13-20(23-4-2-12-36-23)9-10-21(22)30-25(32)33)19-7-5-17(6-8-19)15-28-26(34)35-16-18-3-1-11-27-14-18/h1-14,30H,15-16H2,(H,28,34)(H,29,31)(H,32,33). The number of hydrogen-bond acceptors (Lipinski definition) is 6. The van der Waals surface area contributed by atoms with E-state index in [1.54, 1.807) is 60.9 Å². The molecule has 0 bridgehead atoms. The third kappa shape index (κ3) is 6.67. The lowest BCUT2D eigenvalue weighted by Gasteiger charge is -2.13. The number of ether oxygens (including phenoxy) is 1. The van der Waals surface area contributed by atoms with Crippen LogP contribution in [0.4, 0.5) is 21.0 Å². The third-order valence-corrected chi connectivity index (χ3v) is 5.98. The van der Waals surface area contributed by atoms with E-state index in [2.05, 4.69) is 20.9 Å². The Morgan fingerprint density at radius 2 is 1.75 bits per heavy atom. The van der Waals surface area contributed by atoms with E-state index >= 15 is 0 Å². The molecule has 36 heavy (non-hydrogen) atoms. The number of benzene rings is 2. The highest BCUT2D eigenvalue weighted by molar-refractivity contribution is 7.13. The number of carboxylic acid groups (broad SMARTS) is 1. The summed E-state index contributed by atoms with van der Waals surface area (Å²) in [5.74, 6) is -0.401. The molecule has 0 aliphatic heterocycles. The zero-order valence-corrected chi connectivity index (χ0v) is 19.7. The van der Waals surface area contributed by atoms with Crippen LogP contribution in [0.1, 0.15) is 21.5 Å². The van der Waals surface area contributed by atoms with Gasteiger partial charge in [0.25, 0.3) is 5.91 Å². The van der Waals surface area contributed by atoms with Crippen molar-refractivity contribution in [3.63, 3.8) is 0 Å². The molecule has 0 aliphatic rings. The van der Waals surface area contributed by atoms with Gasteiger partial charge in [-0.2, -0.15) is 0 Å². The van der Waals surface area contributed by atoms with Crippen molar-refractivity contribution in [3.05, 3.63) is 101 Å². The van der Waals surface area contributed by atoms with Gasteiger partial charge in [-0.3, -0.25) is 15.1 Å². The van der Waals surface area contributed by atoms with Crippen molar-refractivity contribution in [2.75, 3.05) is 10.6 Å². The van der Waals surface area contributed by atoms with E-state index in [4.69, 9.17) is 9.84 Å². The third-order valence-electron chi connectivity index (χ3n) is 5.06. The second kappa shape index (κ2) is 11.6. The fourth-order valence-corrected chi connectivity index (χ4v) is 4.02. The number of thiophene rings is 1. The van der Waals surface area contributed by atoms with Crippen LogP contribution in [-0.4, -0.2) is 28.2 Å². The van der Waals surface area contributed by atoms with Gasteiger partial charge in [0.2, 0.25) is 0 Å². The van der Waals surface area contributed by atoms with Crippen LogP contribution in [0.3, 0.4) is 0 Å². The van der Waals surface area contributed by atoms with Crippen molar-refractivity contribution in [2.45, 2.75) is 13.2 Å². The minimum atomic E-state index is -1.23. The number of carbonyl (C=O) groups excluding carboxylic acids is 2. The molecule has 4 N–H and O–H groups in total. The minimum Gasteiger partial charge on any atom is -0.465 e. The molecule has 0 atom stereocenters. The summed E-state index contributed by atoms with van der Waals surface area (Å²) in [4.78, 5) is 40.9. The van der Waals surface area contributed by atoms with Crippen LogP contribution in [0, 0.1) is 0 Å². The fourth-order valence-electron chi connectivity index (χ4n) is 3.29. The molecular formula is C26H22N4O5S. The smallest absolute Gasteiger partial charge is 0.409 e. The van der Waals surface area contributed by atoms with E-state index in [0.717, 1.165) is 21.6 Å². The van der Waals surface area contributed by atoms with E-state index < -0.39 is 18.1 Å². The quantitative estimate of drug-likeness (QED) is 0.249. The number of rotatable bonds is 8. The van der Waals surface area contributed by atoms with Gasteiger partial charge in [-0.1, -0.05) is 30.3 Å². The predicted octanol–water partition coefficient (Wildman–Crippen LogP) is 5.58. The normalized spacial score (nSPS) is 10.3. The van der Waals surface area contributed by atoms with Gasteiger partial charge in [0.05, 0.1) is 11.4 Å². The highest BCUT2D eigenvalue weighted by Gasteiger charge is 2.13. The zero-order valence-electron chi connectivity index (χ0n) is 18.9. The zero-order chi connectivity index (χ0) is 25.3. The summed E-state index contributed by atoms with van der Waals surface area (Å²) in [6, 6.07) is 19.2. The molecule has 2 aromatic carbocycles. The summed E-state index contributed by atoms with van der Waals surface area (Å²) >= 11 is 1.54. The number of amides is 3. The Kier molecular flexibility index (Phi) is 7.89. The minimum absolute atomic E-state index is 0.116. The van der Waals surface area contributed by atoms with Gasteiger partial charge in [-0.05, 0) is 52.9 Å². The number of nitrogens with one attached hydrogen (secondary N) is 3. The van der Waals surface area contributed by atoms with Crippen LogP contribution >= 0.6 is 11.3 Å². The average Bonchev–Trinajstić information content (AvgIpc) is 3.43. The molecule has 3 amide bonds. The Hall–Kier alpha value is -4.70. The van der Waals surface area contributed by atoms with E-state index in [1.807, 2.05) is 23.6 Å². The molecule has 2 aromatic heterocycles. The van der Waals surface area contributed by atoms with Crippen LogP contribution in [0.15, 0.2) is 84.5 Å². The summed E-state index contributed by atoms with van der Waals surface area (Å²) in [5.41, 5.74) is 3.40. The van der Waals surface area contributed by atoms with Crippen LogP contribution in [0.5, 0.6) is 0 Å². The summed E-state index contributed by atoms with van der Waals surface area (Å²) in [6.07, 6.45) is 1.47. The molecule has 4 rings (SSSR count). The van der Waals surface area contributed by atoms with Crippen molar-refractivity contribution in [2.24, 2.45) is 0 Å². The van der Waals surface area contributed by atoms with Crippen molar-refractivity contribution in [1.29, 1.82) is 0 Å². The fraction of sp³-hybridized carbons (Fsp3) is 0.0769. The largest absolute Gasteiger partial charge is 0.465 e. The Balaban J connectivity index is 1.37. The maximum Gasteiger partial charge on any atom is 0.409 e. The number of anilines is 2. The number of nitrogens with zero attached hydrogens (tertiary/aromatic N) is 1. The molecule has 0 unspecified atom stereocenters. The van der Waals surface area contributed by atoms with Crippen LogP contribution < -0.4 is 16.0 Å². The first kappa shape index (κ1) is 24.4. The first-order valence-electron chi connectivity index (χ1n) is 10.9. The summed E-state index contributed by atoms with van der Waals surface area (Å²) in [6.45, 7) is 0.342. The molecule has 2 heterocycles. The first-order valence-corrected chi connectivity index (χ1v) is 11.7. The number of pyridine rings is 1. The van der Waals surface area contributed by atoms with Crippen molar-refractivity contribution >= 4 is 40.8 Å². The van der Waals surface area contributed by atoms with Crippen molar-refractivity contribution < 1.29 is 24.2 Å². The lowest BCUT2D eigenvalue weighted by molar-refractivity contribution is 0.102. The second-order valence-electron chi connectivity index (χ2n) is 7.61. The predicted molar refractivity (Wildman–Crippen MR) is 137 cm³/mol. The van der Waals surface area contributed by atoms with Crippen LogP contribution in [0.25, 0.3) is 10.4 Å². The molecular weight excluding hydrogens is 480 g/mol. The van der Waals surface area contributed by atoms with Gasteiger partial charge in [-0.15, -0.1) is 11.3 Å². The van der Waals surface area contributed by atoms with Crippen LogP contribution in [0.2, 0.25) is 0 Å². The Labute approximate surface area is 210 Å². The molecule has 182 valence electrons. The molecule has 0 radical (unpaired) electrons. The maximum atomic E-state index is 12.9. The van der Waals surface area contributed by atoms with E-state index in [1.165, 1.54) is 11.3 Å². The van der Waals surface area contributed by atoms with E-state index in [-0.39, 0.29) is 18.8 Å². The highest BCUT2D eigenvalue weighted by atomic mass is 32.1. The summed E-state index contributed by atoms with van der Waals surface area (Å²) in [7, 11) is 0. The topological polar surface area (TPSA) is 130 Å². The Morgan fingerprint density at radius 1 is 0.917 bits per heavy atom. The lowest BCUT2D eigenvalue weighted by atomic mass is 10.1.